The van der Waals surface area contributed by atoms with Crippen LogP contribution in [0, 0.1) is 11.3 Å². The van der Waals surface area contributed by atoms with E-state index in [1.165, 1.54) is 17.0 Å². The highest BCUT2D eigenvalue weighted by Gasteiger charge is 2.13. The van der Waals surface area contributed by atoms with Gasteiger partial charge in [0.2, 0.25) is 11.8 Å². The normalized spacial score (nSPS) is 9.50. The van der Waals surface area contributed by atoms with Crippen LogP contribution in [0.3, 0.4) is 0 Å². The SMILES string of the molecule is N#Cc1ccc(N(CC(N)=O)CC(N)=O)cc1N. The predicted octanol–water partition coefficient (Wildman–Crippen LogP) is -1.08. The third-order valence-electron chi connectivity index (χ3n) is 2.21. The summed E-state index contributed by atoms with van der Waals surface area (Å²) in [4.78, 5) is 23.2. The molecule has 0 aliphatic rings. The Bertz CT molecular complexity index is 505. The zero-order valence-electron chi connectivity index (χ0n) is 9.59. The Kier molecular flexibility index (Phi) is 4.10. The van der Waals surface area contributed by atoms with Crippen molar-refractivity contribution in [1.29, 1.82) is 5.26 Å². The van der Waals surface area contributed by atoms with Crippen LogP contribution in [0.5, 0.6) is 0 Å². The lowest BCUT2D eigenvalue weighted by Crippen LogP contribution is -2.39. The topological polar surface area (TPSA) is 139 Å². The number of amides is 2. The third-order valence-corrected chi connectivity index (χ3v) is 2.21. The molecule has 0 atom stereocenters. The summed E-state index contributed by atoms with van der Waals surface area (Å²) in [7, 11) is 0. The fraction of sp³-hybridized carbons (Fsp3) is 0.182. The van der Waals surface area contributed by atoms with Gasteiger partial charge in [0.05, 0.1) is 24.3 Å². The van der Waals surface area contributed by atoms with Gasteiger partial charge in [0.15, 0.2) is 0 Å². The van der Waals surface area contributed by atoms with Gasteiger partial charge in [0, 0.05) is 5.69 Å². The van der Waals surface area contributed by atoms with Gasteiger partial charge in [-0.3, -0.25) is 9.59 Å². The van der Waals surface area contributed by atoms with Crippen molar-refractivity contribution in [2.24, 2.45) is 11.5 Å². The van der Waals surface area contributed by atoms with Crippen molar-refractivity contribution >= 4 is 23.2 Å². The summed E-state index contributed by atoms with van der Waals surface area (Å²) in [5, 5.41) is 8.75. The summed E-state index contributed by atoms with van der Waals surface area (Å²) >= 11 is 0. The Morgan fingerprint density at radius 2 is 1.78 bits per heavy atom. The molecular weight excluding hydrogens is 234 g/mol. The average Bonchev–Trinajstić information content (AvgIpc) is 2.26. The fourth-order valence-electron chi connectivity index (χ4n) is 1.46. The first-order chi connectivity index (χ1) is 8.43. The van der Waals surface area contributed by atoms with E-state index in [4.69, 9.17) is 22.5 Å². The van der Waals surface area contributed by atoms with E-state index in [2.05, 4.69) is 0 Å². The highest BCUT2D eigenvalue weighted by atomic mass is 16.2. The minimum absolute atomic E-state index is 0.158. The number of hydrogen-bond donors (Lipinski definition) is 3. The second-order valence-electron chi connectivity index (χ2n) is 3.67. The smallest absolute Gasteiger partial charge is 0.236 e. The van der Waals surface area contributed by atoms with Crippen LogP contribution < -0.4 is 22.1 Å². The Hall–Kier alpha value is -2.75. The van der Waals surface area contributed by atoms with Crippen LogP contribution in [0.1, 0.15) is 5.56 Å². The molecule has 94 valence electrons. The Morgan fingerprint density at radius 1 is 1.22 bits per heavy atom. The number of nitrogens with zero attached hydrogens (tertiary/aromatic N) is 2. The lowest BCUT2D eigenvalue weighted by molar-refractivity contribution is -0.117. The maximum absolute atomic E-state index is 10.9. The molecule has 6 N–H and O–H groups in total. The summed E-state index contributed by atoms with van der Waals surface area (Å²) in [6, 6.07) is 6.48. The van der Waals surface area contributed by atoms with Crippen molar-refractivity contribution in [3.8, 4) is 6.07 Å². The van der Waals surface area contributed by atoms with Crippen LogP contribution in [0.25, 0.3) is 0 Å². The van der Waals surface area contributed by atoms with Crippen molar-refractivity contribution in [2.45, 2.75) is 0 Å². The summed E-state index contributed by atoms with van der Waals surface area (Å²) in [6.07, 6.45) is 0. The molecule has 2 amide bonds. The van der Waals surface area contributed by atoms with Crippen LogP contribution >= 0.6 is 0 Å². The molecule has 1 aromatic rings. The Labute approximate surface area is 104 Å². The van der Waals surface area contributed by atoms with Crippen molar-refractivity contribution in [2.75, 3.05) is 23.7 Å². The van der Waals surface area contributed by atoms with E-state index in [1.807, 2.05) is 6.07 Å². The molecule has 0 aliphatic heterocycles. The maximum Gasteiger partial charge on any atom is 0.236 e. The second-order valence-corrected chi connectivity index (χ2v) is 3.67. The van der Waals surface area contributed by atoms with Gasteiger partial charge < -0.3 is 22.1 Å². The molecule has 7 nitrogen and oxygen atoms in total. The minimum Gasteiger partial charge on any atom is -0.398 e. The molecule has 0 radical (unpaired) electrons. The van der Waals surface area contributed by atoms with Crippen molar-refractivity contribution in [3.05, 3.63) is 23.8 Å². The van der Waals surface area contributed by atoms with Gasteiger partial charge in [-0.1, -0.05) is 0 Å². The van der Waals surface area contributed by atoms with Gasteiger partial charge in [-0.25, -0.2) is 0 Å². The van der Waals surface area contributed by atoms with Crippen LogP contribution in [-0.4, -0.2) is 24.9 Å². The summed E-state index contributed by atoms with van der Waals surface area (Å²) in [6.45, 7) is -0.317. The molecule has 0 aromatic heterocycles. The number of rotatable bonds is 5. The molecule has 0 saturated heterocycles. The quantitative estimate of drug-likeness (QED) is 0.567. The highest BCUT2D eigenvalue weighted by Crippen LogP contribution is 2.20. The zero-order chi connectivity index (χ0) is 13.7. The first-order valence-corrected chi connectivity index (χ1v) is 5.05. The molecule has 0 spiro atoms. The number of benzene rings is 1. The van der Waals surface area contributed by atoms with Crippen LogP contribution in [0.15, 0.2) is 18.2 Å². The van der Waals surface area contributed by atoms with Gasteiger partial charge >= 0.3 is 0 Å². The molecule has 0 saturated carbocycles. The van der Waals surface area contributed by atoms with Crippen molar-refractivity contribution < 1.29 is 9.59 Å². The van der Waals surface area contributed by atoms with Gasteiger partial charge in [-0.2, -0.15) is 5.26 Å². The molecule has 1 aromatic carbocycles. The monoisotopic (exact) mass is 247 g/mol. The van der Waals surface area contributed by atoms with Crippen LogP contribution in [0.2, 0.25) is 0 Å². The zero-order valence-corrected chi connectivity index (χ0v) is 9.59. The third kappa shape index (κ3) is 3.38. The van der Waals surface area contributed by atoms with Gasteiger partial charge in [-0.05, 0) is 18.2 Å². The molecule has 0 heterocycles. The Balaban J connectivity index is 3.05. The summed E-state index contributed by atoms with van der Waals surface area (Å²) in [5.41, 5.74) is 16.9. The number of primary amides is 2. The first kappa shape index (κ1) is 13.3. The molecular formula is C11H13N5O2. The average molecular weight is 247 g/mol. The van der Waals surface area contributed by atoms with E-state index in [1.54, 1.807) is 6.07 Å². The second kappa shape index (κ2) is 5.54. The molecule has 0 fully saturated rings. The van der Waals surface area contributed by atoms with Gasteiger partial charge in [-0.15, -0.1) is 0 Å². The number of nitriles is 1. The number of nitrogen functional groups attached to an aromatic ring is 1. The number of carbonyl (C=O) groups excluding carboxylic acids is 2. The lowest BCUT2D eigenvalue weighted by atomic mass is 10.1. The van der Waals surface area contributed by atoms with Crippen molar-refractivity contribution in [3.63, 3.8) is 0 Å². The molecule has 0 bridgehead atoms. The van der Waals surface area contributed by atoms with E-state index in [0.29, 0.717) is 11.3 Å². The number of nitrogens with two attached hydrogens (primary N) is 3. The predicted molar refractivity (Wildman–Crippen MR) is 66.2 cm³/mol. The fourth-order valence-corrected chi connectivity index (χ4v) is 1.46. The largest absolute Gasteiger partial charge is 0.398 e. The standard InChI is InChI=1S/C11H13N5O2/c12-4-7-1-2-8(3-9(7)13)16(5-10(14)17)6-11(15)18/h1-3H,5-6,13H2,(H2,14,17)(H2,15,18). The maximum atomic E-state index is 10.9. The number of hydrogen-bond acceptors (Lipinski definition) is 5. The summed E-state index contributed by atoms with van der Waals surface area (Å²) < 4.78 is 0. The molecule has 0 aliphatic carbocycles. The molecule has 7 heteroatoms. The van der Waals surface area contributed by atoms with E-state index in [-0.39, 0.29) is 18.8 Å². The summed E-state index contributed by atoms with van der Waals surface area (Å²) in [5.74, 6) is -1.20. The van der Waals surface area contributed by atoms with Crippen LogP contribution in [0.4, 0.5) is 11.4 Å². The van der Waals surface area contributed by atoms with E-state index >= 15 is 0 Å². The van der Waals surface area contributed by atoms with Crippen molar-refractivity contribution in [1.82, 2.24) is 0 Å². The molecule has 1 rings (SSSR count). The molecule has 0 unspecified atom stereocenters. The number of carbonyl (C=O) groups is 2. The minimum atomic E-state index is -0.598. The van der Waals surface area contributed by atoms with Gasteiger partial charge in [0.25, 0.3) is 0 Å². The van der Waals surface area contributed by atoms with E-state index < -0.39 is 11.8 Å². The number of anilines is 2. The van der Waals surface area contributed by atoms with Gasteiger partial charge in [0.1, 0.15) is 6.07 Å². The first-order valence-electron chi connectivity index (χ1n) is 5.05. The van der Waals surface area contributed by atoms with E-state index in [0.717, 1.165) is 0 Å². The lowest BCUT2D eigenvalue weighted by Gasteiger charge is -2.22. The van der Waals surface area contributed by atoms with Crippen LogP contribution in [-0.2, 0) is 9.59 Å². The molecule has 18 heavy (non-hydrogen) atoms. The highest BCUT2D eigenvalue weighted by molar-refractivity contribution is 5.85. The van der Waals surface area contributed by atoms with E-state index in [9.17, 15) is 9.59 Å². The Morgan fingerprint density at radius 3 is 2.17 bits per heavy atom.